The molecule has 3 rings (SSSR count). The maximum Gasteiger partial charge on any atom is 0.247 e. The summed E-state index contributed by atoms with van der Waals surface area (Å²) in [7, 11) is 0. The van der Waals surface area contributed by atoms with Gasteiger partial charge in [0.15, 0.2) is 0 Å². The van der Waals surface area contributed by atoms with Crippen molar-refractivity contribution < 1.29 is 4.74 Å². The Hall–Kier alpha value is -2.63. The Morgan fingerprint density at radius 3 is 2.95 bits per heavy atom. The summed E-state index contributed by atoms with van der Waals surface area (Å²) in [4.78, 5) is 22.0. The van der Waals surface area contributed by atoms with Crippen LogP contribution in [0.2, 0.25) is 0 Å². The Balaban J connectivity index is 2.15. The Kier molecular flexibility index (Phi) is 2.75. The first-order chi connectivity index (χ1) is 9.24. The molecule has 3 heterocycles. The van der Waals surface area contributed by atoms with E-state index in [1.807, 2.05) is 6.08 Å². The van der Waals surface area contributed by atoms with Gasteiger partial charge >= 0.3 is 0 Å². The van der Waals surface area contributed by atoms with Crippen molar-refractivity contribution in [3.8, 4) is 11.1 Å². The summed E-state index contributed by atoms with van der Waals surface area (Å²) in [6.07, 6.45) is 6.07. The molecule has 0 amide bonds. The van der Waals surface area contributed by atoms with E-state index in [-0.39, 0.29) is 11.5 Å². The molecule has 0 bridgehead atoms. The van der Waals surface area contributed by atoms with Crippen molar-refractivity contribution in [1.29, 1.82) is 0 Å². The molecule has 6 heteroatoms. The maximum atomic E-state index is 11.1. The lowest BCUT2D eigenvalue weighted by molar-refractivity contribution is 0.306. The van der Waals surface area contributed by atoms with E-state index in [1.165, 1.54) is 6.07 Å². The predicted molar refractivity (Wildman–Crippen MR) is 71.0 cm³/mol. The van der Waals surface area contributed by atoms with Crippen LogP contribution < -0.4 is 11.3 Å². The number of anilines is 1. The van der Waals surface area contributed by atoms with E-state index in [1.54, 1.807) is 18.5 Å². The third-order valence-electron chi connectivity index (χ3n) is 2.84. The van der Waals surface area contributed by atoms with Crippen molar-refractivity contribution in [1.82, 2.24) is 15.0 Å². The molecule has 6 nitrogen and oxygen atoms in total. The normalized spacial score (nSPS) is 14.0. The summed E-state index contributed by atoms with van der Waals surface area (Å²) in [5, 5.41) is 0. The molecule has 0 aliphatic carbocycles. The van der Waals surface area contributed by atoms with Crippen molar-refractivity contribution >= 4 is 11.7 Å². The molecule has 19 heavy (non-hydrogen) atoms. The lowest BCUT2D eigenvalue weighted by Gasteiger charge is -2.09. The molecule has 0 saturated carbocycles. The summed E-state index contributed by atoms with van der Waals surface area (Å²) < 4.78 is 5.52. The van der Waals surface area contributed by atoms with E-state index in [4.69, 9.17) is 10.5 Å². The van der Waals surface area contributed by atoms with Gasteiger partial charge in [-0.3, -0.25) is 4.79 Å². The van der Waals surface area contributed by atoms with Crippen LogP contribution in [0, 0.1) is 0 Å². The molecule has 96 valence electrons. The minimum absolute atomic E-state index is 0.155. The van der Waals surface area contributed by atoms with Gasteiger partial charge in [0.1, 0.15) is 11.5 Å². The summed E-state index contributed by atoms with van der Waals surface area (Å²) in [5.74, 6) is 0.898. The van der Waals surface area contributed by atoms with Crippen molar-refractivity contribution in [2.75, 3.05) is 12.3 Å². The quantitative estimate of drug-likeness (QED) is 0.841. The zero-order chi connectivity index (χ0) is 13.2. The van der Waals surface area contributed by atoms with Crippen molar-refractivity contribution in [2.45, 2.75) is 6.42 Å². The first-order valence-corrected chi connectivity index (χ1v) is 5.89. The van der Waals surface area contributed by atoms with E-state index in [0.29, 0.717) is 18.1 Å². The number of hydrogen-bond donors (Lipinski definition) is 2. The Labute approximate surface area is 109 Å². The maximum absolute atomic E-state index is 11.1. The summed E-state index contributed by atoms with van der Waals surface area (Å²) in [5.41, 5.74) is 7.72. The zero-order valence-corrected chi connectivity index (χ0v) is 10.1. The van der Waals surface area contributed by atoms with Gasteiger partial charge in [-0.15, -0.1) is 0 Å². The van der Waals surface area contributed by atoms with Gasteiger partial charge < -0.3 is 15.5 Å². The molecule has 0 fully saturated rings. The fourth-order valence-corrected chi connectivity index (χ4v) is 1.96. The Morgan fingerprint density at radius 1 is 1.37 bits per heavy atom. The standard InChI is InChI=1S/C13H12N4O2/c14-13-16-7-9(8-3-4-11(18)15-6-8)12(17-13)10-2-1-5-19-10/h2-4,6-7H,1,5H2,(H,15,18)(H2,14,16,17). The first-order valence-electron chi connectivity index (χ1n) is 5.89. The third-order valence-corrected chi connectivity index (χ3v) is 2.84. The predicted octanol–water partition coefficient (Wildman–Crippen LogP) is 1.18. The van der Waals surface area contributed by atoms with Crippen LogP contribution in [0.1, 0.15) is 12.1 Å². The number of rotatable bonds is 2. The molecule has 0 spiro atoms. The zero-order valence-electron chi connectivity index (χ0n) is 10.1. The topological polar surface area (TPSA) is 93.9 Å². The van der Waals surface area contributed by atoms with Gasteiger partial charge in [-0.2, -0.15) is 0 Å². The van der Waals surface area contributed by atoms with E-state index in [0.717, 1.165) is 17.5 Å². The number of pyridine rings is 1. The Morgan fingerprint density at radius 2 is 2.26 bits per heavy atom. The number of nitrogens with one attached hydrogen (secondary N) is 1. The molecule has 2 aromatic rings. The molecule has 1 aliphatic heterocycles. The molecule has 1 aliphatic rings. The average Bonchev–Trinajstić information content (AvgIpc) is 2.94. The summed E-state index contributed by atoms with van der Waals surface area (Å²) in [6.45, 7) is 0.643. The van der Waals surface area contributed by atoms with Gasteiger partial charge in [-0.25, -0.2) is 9.97 Å². The second kappa shape index (κ2) is 4.56. The summed E-state index contributed by atoms with van der Waals surface area (Å²) >= 11 is 0. The third kappa shape index (κ3) is 2.20. The monoisotopic (exact) mass is 256 g/mol. The van der Waals surface area contributed by atoms with E-state index < -0.39 is 0 Å². The molecule has 3 N–H and O–H groups in total. The SMILES string of the molecule is Nc1ncc(-c2ccc(=O)[nH]c2)c(C2=CCCO2)n1. The molecule has 0 aromatic carbocycles. The number of H-pyrrole nitrogens is 1. The van der Waals surface area contributed by atoms with Crippen LogP contribution in [0.5, 0.6) is 0 Å². The number of ether oxygens (including phenoxy) is 1. The van der Waals surface area contributed by atoms with E-state index >= 15 is 0 Å². The number of hydrogen-bond acceptors (Lipinski definition) is 5. The largest absolute Gasteiger partial charge is 0.491 e. The highest BCUT2D eigenvalue weighted by atomic mass is 16.5. The smallest absolute Gasteiger partial charge is 0.247 e. The number of aromatic nitrogens is 3. The van der Waals surface area contributed by atoms with Crippen LogP contribution in [-0.4, -0.2) is 21.6 Å². The van der Waals surface area contributed by atoms with E-state index in [9.17, 15) is 4.79 Å². The highest BCUT2D eigenvalue weighted by molar-refractivity contribution is 5.76. The number of nitrogens with two attached hydrogens (primary N) is 1. The van der Waals surface area contributed by atoms with Gasteiger partial charge in [0.25, 0.3) is 0 Å². The highest BCUT2D eigenvalue weighted by Gasteiger charge is 2.16. The van der Waals surface area contributed by atoms with Gasteiger partial charge in [0.2, 0.25) is 11.5 Å². The second-order valence-electron chi connectivity index (χ2n) is 4.14. The van der Waals surface area contributed by atoms with Crippen LogP contribution in [0.15, 0.2) is 35.4 Å². The average molecular weight is 256 g/mol. The van der Waals surface area contributed by atoms with Gasteiger partial charge in [0.05, 0.1) is 6.61 Å². The highest BCUT2D eigenvalue weighted by Crippen LogP contribution is 2.29. The number of nitrogen functional groups attached to an aromatic ring is 1. The van der Waals surface area contributed by atoms with E-state index in [2.05, 4.69) is 15.0 Å². The van der Waals surface area contributed by atoms with Crippen molar-refractivity contribution in [3.05, 3.63) is 46.7 Å². The molecular formula is C13H12N4O2. The molecule has 2 aromatic heterocycles. The van der Waals surface area contributed by atoms with Crippen molar-refractivity contribution in [3.63, 3.8) is 0 Å². The van der Waals surface area contributed by atoms with Gasteiger partial charge in [-0.1, -0.05) is 0 Å². The molecular weight excluding hydrogens is 244 g/mol. The van der Waals surface area contributed by atoms with Gasteiger partial charge in [-0.05, 0) is 12.1 Å². The van der Waals surface area contributed by atoms with Crippen LogP contribution >= 0.6 is 0 Å². The first kappa shape index (κ1) is 11.5. The minimum atomic E-state index is -0.155. The van der Waals surface area contributed by atoms with Crippen LogP contribution in [0.4, 0.5) is 5.95 Å². The lowest BCUT2D eigenvalue weighted by atomic mass is 10.1. The number of aromatic amines is 1. The lowest BCUT2D eigenvalue weighted by Crippen LogP contribution is -2.04. The fourth-order valence-electron chi connectivity index (χ4n) is 1.96. The van der Waals surface area contributed by atoms with Crippen LogP contribution in [-0.2, 0) is 4.74 Å². The number of nitrogens with zero attached hydrogens (tertiary/aromatic N) is 2. The minimum Gasteiger partial charge on any atom is -0.491 e. The van der Waals surface area contributed by atoms with Crippen LogP contribution in [0.3, 0.4) is 0 Å². The molecule has 0 saturated heterocycles. The molecule has 0 unspecified atom stereocenters. The van der Waals surface area contributed by atoms with Crippen molar-refractivity contribution in [2.24, 2.45) is 0 Å². The molecule has 0 radical (unpaired) electrons. The second-order valence-corrected chi connectivity index (χ2v) is 4.14. The summed E-state index contributed by atoms with van der Waals surface area (Å²) in [6, 6.07) is 3.17. The molecule has 0 atom stereocenters. The van der Waals surface area contributed by atoms with Gasteiger partial charge in [0, 0.05) is 36.0 Å². The fraction of sp³-hybridized carbons (Fsp3) is 0.154. The Bertz CT molecular complexity index is 686. The van der Waals surface area contributed by atoms with Crippen LogP contribution in [0.25, 0.3) is 16.9 Å².